The third-order valence-electron chi connectivity index (χ3n) is 7.23. The molecule has 210 valence electrons. The van der Waals surface area contributed by atoms with Crippen molar-refractivity contribution < 1.29 is 14.7 Å². The van der Waals surface area contributed by atoms with Crippen molar-refractivity contribution in [2.24, 2.45) is 11.8 Å². The zero-order chi connectivity index (χ0) is 28.8. The minimum absolute atomic E-state index is 0.0474. The number of imidazole rings is 1. The molecule has 0 radical (unpaired) electrons. The van der Waals surface area contributed by atoms with Gasteiger partial charge in [0.05, 0.1) is 16.6 Å². The largest absolute Gasteiger partial charge is 0.478 e. The predicted octanol–water partition coefficient (Wildman–Crippen LogP) is 6.92. The molecule has 4 rings (SSSR count). The average molecular weight is 558 g/mol. The first kappa shape index (κ1) is 29.4. The van der Waals surface area contributed by atoms with Gasteiger partial charge in [-0.05, 0) is 65.6 Å². The standard InChI is InChI=1S/C33H39N3O3S/c1-5-8-30-35-31-22(4)16-24(18-34-32(37)26(20-40)15-21(2)3)17-29(31)36(30)19-23-11-13-25(14-12-23)27-9-6-7-10-28(27)33(38)39/h6-7,9-14,16-17,21,26,40H,5,8,15,18-20H2,1-4H3,(H,34,37)(H,38,39)/t26-/m0/s1. The number of thiol groups is 1. The van der Waals surface area contributed by atoms with E-state index in [1.807, 2.05) is 24.3 Å². The summed E-state index contributed by atoms with van der Waals surface area (Å²) < 4.78 is 2.27. The van der Waals surface area contributed by atoms with Crippen molar-refractivity contribution in [3.8, 4) is 11.1 Å². The van der Waals surface area contributed by atoms with Crippen molar-refractivity contribution in [2.75, 3.05) is 5.75 Å². The van der Waals surface area contributed by atoms with Crippen molar-refractivity contribution in [1.29, 1.82) is 0 Å². The Balaban J connectivity index is 1.62. The molecule has 0 unspecified atom stereocenters. The van der Waals surface area contributed by atoms with Gasteiger partial charge in [-0.1, -0.05) is 69.3 Å². The summed E-state index contributed by atoms with van der Waals surface area (Å²) in [6, 6.07) is 19.4. The maximum Gasteiger partial charge on any atom is 0.336 e. The van der Waals surface area contributed by atoms with Gasteiger partial charge in [-0.15, -0.1) is 0 Å². The number of amides is 1. The molecule has 0 aliphatic heterocycles. The first-order chi connectivity index (χ1) is 19.2. The second kappa shape index (κ2) is 13.2. The molecule has 0 spiro atoms. The van der Waals surface area contributed by atoms with Crippen molar-refractivity contribution >= 4 is 35.5 Å². The van der Waals surface area contributed by atoms with E-state index in [9.17, 15) is 14.7 Å². The van der Waals surface area contributed by atoms with Crippen LogP contribution in [0, 0.1) is 18.8 Å². The lowest BCUT2D eigenvalue weighted by atomic mass is 9.98. The van der Waals surface area contributed by atoms with Crippen LogP contribution in [0.15, 0.2) is 60.7 Å². The Bertz CT molecular complexity index is 1490. The number of carbonyl (C=O) groups excluding carboxylic acids is 1. The molecule has 0 aliphatic rings. The molecule has 1 heterocycles. The Kier molecular flexibility index (Phi) is 9.69. The summed E-state index contributed by atoms with van der Waals surface area (Å²) in [7, 11) is 0. The van der Waals surface area contributed by atoms with Crippen LogP contribution in [0.1, 0.15) is 66.5 Å². The Hall–Kier alpha value is -3.58. The van der Waals surface area contributed by atoms with Crippen LogP contribution in [0.25, 0.3) is 22.2 Å². The molecule has 7 heteroatoms. The molecule has 6 nitrogen and oxygen atoms in total. The minimum Gasteiger partial charge on any atom is -0.478 e. The number of carboxylic acid groups (broad SMARTS) is 1. The van der Waals surface area contributed by atoms with E-state index in [2.05, 4.69) is 74.5 Å². The number of aromatic carboxylic acids is 1. The third kappa shape index (κ3) is 6.76. The van der Waals surface area contributed by atoms with E-state index in [0.717, 1.165) is 58.4 Å². The highest BCUT2D eigenvalue weighted by molar-refractivity contribution is 7.80. The van der Waals surface area contributed by atoms with Crippen molar-refractivity contribution in [3.63, 3.8) is 0 Å². The van der Waals surface area contributed by atoms with E-state index in [0.29, 0.717) is 35.9 Å². The van der Waals surface area contributed by atoms with Gasteiger partial charge in [0.1, 0.15) is 5.82 Å². The van der Waals surface area contributed by atoms with Crippen LogP contribution in [-0.4, -0.2) is 32.3 Å². The number of aryl methyl sites for hydroxylation is 2. The van der Waals surface area contributed by atoms with Gasteiger partial charge < -0.3 is 15.0 Å². The fourth-order valence-corrected chi connectivity index (χ4v) is 5.58. The summed E-state index contributed by atoms with van der Waals surface area (Å²) in [4.78, 5) is 29.5. The van der Waals surface area contributed by atoms with Crippen LogP contribution < -0.4 is 5.32 Å². The number of nitrogens with zero attached hydrogens (tertiary/aromatic N) is 2. The molecule has 40 heavy (non-hydrogen) atoms. The lowest BCUT2D eigenvalue weighted by Crippen LogP contribution is -2.32. The molecule has 0 bridgehead atoms. The molecular weight excluding hydrogens is 518 g/mol. The van der Waals surface area contributed by atoms with Gasteiger partial charge in [0.2, 0.25) is 5.91 Å². The maximum atomic E-state index is 12.8. The molecule has 0 saturated heterocycles. The van der Waals surface area contributed by atoms with Crippen molar-refractivity contribution in [3.05, 3.63) is 88.7 Å². The number of carbonyl (C=O) groups is 2. The second-order valence-corrected chi connectivity index (χ2v) is 11.3. The minimum atomic E-state index is -0.933. The summed E-state index contributed by atoms with van der Waals surface area (Å²) >= 11 is 4.40. The summed E-state index contributed by atoms with van der Waals surface area (Å²) in [6.07, 6.45) is 2.67. The number of carboxylic acids is 1. The van der Waals surface area contributed by atoms with Gasteiger partial charge in [-0.3, -0.25) is 4.79 Å². The number of benzene rings is 3. The Morgan fingerprint density at radius 3 is 2.42 bits per heavy atom. The quantitative estimate of drug-likeness (QED) is 0.165. The van der Waals surface area contributed by atoms with E-state index >= 15 is 0 Å². The molecule has 1 atom stereocenters. The van der Waals surface area contributed by atoms with Crippen LogP contribution in [-0.2, 0) is 24.3 Å². The Morgan fingerprint density at radius 2 is 1.77 bits per heavy atom. The Labute approximate surface area is 242 Å². The summed E-state index contributed by atoms with van der Waals surface area (Å²) in [5.41, 5.74) is 7.15. The summed E-state index contributed by atoms with van der Waals surface area (Å²) in [6.45, 7) is 9.59. The smallest absolute Gasteiger partial charge is 0.336 e. The topological polar surface area (TPSA) is 84.2 Å². The number of hydrogen-bond donors (Lipinski definition) is 3. The molecule has 3 aromatic carbocycles. The van der Waals surface area contributed by atoms with Crippen molar-refractivity contribution in [2.45, 2.75) is 60.0 Å². The maximum absolute atomic E-state index is 12.8. The number of aromatic nitrogens is 2. The number of fused-ring (bicyclic) bond motifs is 1. The van der Waals surface area contributed by atoms with Gasteiger partial charge in [0, 0.05) is 31.2 Å². The molecule has 1 aromatic heterocycles. The van der Waals surface area contributed by atoms with E-state index in [1.165, 1.54) is 0 Å². The van der Waals surface area contributed by atoms with Crippen LogP contribution in [0.2, 0.25) is 0 Å². The fraction of sp³-hybridized carbons (Fsp3) is 0.364. The van der Waals surface area contributed by atoms with E-state index in [4.69, 9.17) is 4.98 Å². The average Bonchev–Trinajstić information content (AvgIpc) is 3.28. The van der Waals surface area contributed by atoms with Crippen LogP contribution in [0.4, 0.5) is 0 Å². The van der Waals surface area contributed by atoms with Crippen molar-refractivity contribution in [1.82, 2.24) is 14.9 Å². The van der Waals surface area contributed by atoms with Gasteiger partial charge >= 0.3 is 5.97 Å². The molecule has 0 aliphatic carbocycles. The highest BCUT2D eigenvalue weighted by Gasteiger charge is 2.19. The first-order valence-electron chi connectivity index (χ1n) is 14.0. The molecule has 0 fully saturated rings. The number of hydrogen-bond acceptors (Lipinski definition) is 4. The summed E-state index contributed by atoms with van der Waals surface area (Å²) in [5, 5.41) is 12.7. The highest BCUT2D eigenvalue weighted by atomic mass is 32.1. The zero-order valence-electron chi connectivity index (χ0n) is 23.8. The van der Waals surface area contributed by atoms with E-state index in [-0.39, 0.29) is 11.8 Å². The monoisotopic (exact) mass is 557 g/mol. The lowest BCUT2D eigenvalue weighted by molar-refractivity contribution is -0.124. The number of rotatable bonds is 12. The van der Waals surface area contributed by atoms with E-state index < -0.39 is 5.97 Å². The van der Waals surface area contributed by atoms with Crippen LogP contribution in [0.3, 0.4) is 0 Å². The Morgan fingerprint density at radius 1 is 1.05 bits per heavy atom. The molecule has 1 amide bonds. The van der Waals surface area contributed by atoms with Gasteiger partial charge in [0.15, 0.2) is 0 Å². The SMILES string of the molecule is CCCc1nc2c(C)cc(CNC(=O)[C@H](CS)CC(C)C)cc2n1Cc1ccc(-c2ccccc2C(=O)O)cc1. The molecule has 4 aromatic rings. The molecular formula is C33H39N3O3S. The van der Waals surface area contributed by atoms with Gasteiger partial charge in [-0.2, -0.15) is 12.6 Å². The third-order valence-corrected chi connectivity index (χ3v) is 7.67. The predicted molar refractivity (Wildman–Crippen MR) is 165 cm³/mol. The zero-order valence-corrected chi connectivity index (χ0v) is 24.7. The lowest BCUT2D eigenvalue weighted by Gasteiger charge is -2.17. The van der Waals surface area contributed by atoms with E-state index in [1.54, 1.807) is 12.1 Å². The molecule has 2 N–H and O–H groups in total. The highest BCUT2D eigenvalue weighted by Crippen LogP contribution is 2.27. The fourth-order valence-electron chi connectivity index (χ4n) is 5.27. The first-order valence-corrected chi connectivity index (χ1v) is 14.6. The number of nitrogens with one attached hydrogen (secondary N) is 1. The van der Waals surface area contributed by atoms with Gasteiger partial charge in [-0.25, -0.2) is 9.78 Å². The summed E-state index contributed by atoms with van der Waals surface area (Å²) in [5.74, 6) is 1.03. The van der Waals surface area contributed by atoms with Crippen LogP contribution in [0.5, 0.6) is 0 Å². The normalized spacial score (nSPS) is 12.2. The molecule has 0 saturated carbocycles. The van der Waals surface area contributed by atoms with Gasteiger partial charge in [0.25, 0.3) is 0 Å². The van der Waals surface area contributed by atoms with Crippen LogP contribution >= 0.6 is 12.6 Å². The second-order valence-electron chi connectivity index (χ2n) is 10.9.